The fraction of sp³-hybridized carbons (Fsp3) is 0.293. The topological polar surface area (TPSA) is 98.2 Å². The molecule has 0 atom stereocenters. The molecule has 0 aliphatic carbocycles. The van der Waals surface area contributed by atoms with Gasteiger partial charge in [0.1, 0.15) is 18.2 Å². The summed E-state index contributed by atoms with van der Waals surface area (Å²) < 4.78 is 18.7. The molecular formula is C41H43N5O5. The number of hydrogen-bond acceptors (Lipinski definition) is 8. The predicted octanol–water partition coefficient (Wildman–Crippen LogP) is 5.88. The van der Waals surface area contributed by atoms with Gasteiger partial charge in [0.25, 0.3) is 11.5 Å². The van der Waals surface area contributed by atoms with E-state index < -0.39 is 0 Å². The minimum absolute atomic E-state index is 0.0981. The number of methoxy groups -OCH3 is 2. The number of fused-ring (bicyclic) bond motifs is 2. The number of nitrogens with one attached hydrogen (secondary N) is 1. The zero-order chi connectivity index (χ0) is 35.2. The standard InChI is InChI=1S/C41H43N5O5/c1-49-34-13-11-33(12-14-34)45-23-21-44(22-24-45)19-6-18-42-40(47)32-10-15-35-36(27-32)43-39-31(17-20-46(39)41(35)48)25-30-9-16-37(50-2)38(26-30)51-28-29-7-4-3-5-8-29/h3-5,7-16,25-27H,6,17-24,28H2,1-2H3,(H,42,47)/b31-25-. The molecule has 1 fully saturated rings. The van der Waals surface area contributed by atoms with E-state index in [1.165, 1.54) is 5.69 Å². The van der Waals surface area contributed by atoms with E-state index in [9.17, 15) is 9.59 Å². The number of hydrogen-bond donors (Lipinski definition) is 1. The molecule has 1 aromatic heterocycles. The zero-order valence-corrected chi connectivity index (χ0v) is 29.1. The Morgan fingerprint density at radius 1 is 0.863 bits per heavy atom. The summed E-state index contributed by atoms with van der Waals surface area (Å²) in [6.07, 6.45) is 3.57. The Morgan fingerprint density at radius 2 is 1.67 bits per heavy atom. The number of allylic oxidation sites excluding steroid dienone is 1. The third kappa shape index (κ3) is 7.76. The van der Waals surface area contributed by atoms with Crippen molar-refractivity contribution in [2.24, 2.45) is 0 Å². The van der Waals surface area contributed by atoms with E-state index in [-0.39, 0.29) is 11.5 Å². The van der Waals surface area contributed by atoms with E-state index in [4.69, 9.17) is 19.2 Å². The molecule has 2 aliphatic heterocycles. The molecule has 1 saturated heterocycles. The number of ether oxygens (including phenoxy) is 3. The van der Waals surface area contributed by atoms with Crippen molar-refractivity contribution in [3.8, 4) is 17.2 Å². The Balaban J connectivity index is 0.975. The molecule has 5 aromatic rings. The maximum absolute atomic E-state index is 13.5. The molecule has 0 bridgehead atoms. The molecule has 4 aromatic carbocycles. The number of piperazine rings is 1. The van der Waals surface area contributed by atoms with E-state index in [0.29, 0.717) is 59.9 Å². The Morgan fingerprint density at radius 3 is 2.43 bits per heavy atom. The van der Waals surface area contributed by atoms with Gasteiger partial charge in [-0.2, -0.15) is 0 Å². The van der Waals surface area contributed by atoms with Gasteiger partial charge in [-0.15, -0.1) is 0 Å². The average molecular weight is 686 g/mol. The fourth-order valence-electron chi connectivity index (χ4n) is 6.76. The SMILES string of the molecule is COc1ccc(N2CCN(CCCNC(=O)c3ccc4c(=O)n5c(nc4c3)/C(=C\c3ccc(OC)c(OCc4ccccc4)c3)CC5)CC2)cc1. The van der Waals surface area contributed by atoms with Crippen LogP contribution in [0, 0.1) is 0 Å². The van der Waals surface area contributed by atoms with Gasteiger partial charge in [0, 0.05) is 50.5 Å². The second-order valence-electron chi connectivity index (χ2n) is 12.9. The van der Waals surface area contributed by atoms with Crippen molar-refractivity contribution in [1.29, 1.82) is 0 Å². The third-order valence-corrected chi connectivity index (χ3v) is 9.62. The molecular weight excluding hydrogens is 642 g/mol. The van der Waals surface area contributed by atoms with Crippen molar-refractivity contribution in [3.63, 3.8) is 0 Å². The van der Waals surface area contributed by atoms with Gasteiger partial charge < -0.3 is 24.4 Å². The first-order chi connectivity index (χ1) is 25.0. The van der Waals surface area contributed by atoms with Crippen LogP contribution < -0.4 is 30.0 Å². The molecule has 0 spiro atoms. The molecule has 262 valence electrons. The zero-order valence-electron chi connectivity index (χ0n) is 29.1. The van der Waals surface area contributed by atoms with Crippen LogP contribution in [0.1, 0.15) is 40.2 Å². The molecule has 2 aliphatic rings. The first-order valence-corrected chi connectivity index (χ1v) is 17.5. The van der Waals surface area contributed by atoms with Crippen molar-refractivity contribution in [1.82, 2.24) is 19.8 Å². The summed E-state index contributed by atoms with van der Waals surface area (Å²) in [5, 5.41) is 3.57. The Labute approximate surface area is 297 Å². The van der Waals surface area contributed by atoms with Crippen LogP contribution in [-0.4, -0.2) is 73.8 Å². The quantitative estimate of drug-likeness (QED) is 0.163. The number of amides is 1. The van der Waals surface area contributed by atoms with Crippen molar-refractivity contribution in [2.45, 2.75) is 26.0 Å². The largest absolute Gasteiger partial charge is 0.497 e. The number of benzene rings is 4. The molecule has 10 heteroatoms. The molecule has 51 heavy (non-hydrogen) atoms. The van der Waals surface area contributed by atoms with Gasteiger partial charge >= 0.3 is 0 Å². The van der Waals surface area contributed by atoms with Crippen molar-refractivity contribution in [2.75, 3.05) is 58.4 Å². The number of aromatic nitrogens is 2. The summed E-state index contributed by atoms with van der Waals surface area (Å²) in [5.74, 6) is 2.61. The summed E-state index contributed by atoms with van der Waals surface area (Å²) >= 11 is 0. The van der Waals surface area contributed by atoms with Gasteiger partial charge in [0.2, 0.25) is 0 Å². The number of carbonyl (C=O) groups excluding carboxylic acids is 1. The van der Waals surface area contributed by atoms with Gasteiger partial charge in [0.05, 0.1) is 25.1 Å². The average Bonchev–Trinajstić information content (AvgIpc) is 3.58. The summed E-state index contributed by atoms with van der Waals surface area (Å²) in [5.41, 5.74) is 5.06. The summed E-state index contributed by atoms with van der Waals surface area (Å²) in [7, 11) is 3.31. The normalized spacial score (nSPS) is 15.2. The van der Waals surface area contributed by atoms with Crippen LogP contribution >= 0.6 is 0 Å². The summed E-state index contributed by atoms with van der Waals surface area (Å²) in [4.78, 5) is 36.4. The molecule has 0 radical (unpaired) electrons. The molecule has 10 nitrogen and oxygen atoms in total. The van der Waals surface area contributed by atoms with Gasteiger partial charge in [-0.05, 0) is 96.8 Å². The highest BCUT2D eigenvalue weighted by atomic mass is 16.5. The second-order valence-corrected chi connectivity index (χ2v) is 12.9. The lowest BCUT2D eigenvalue weighted by atomic mass is 10.1. The Kier molecular flexibility index (Phi) is 10.3. The highest BCUT2D eigenvalue weighted by molar-refractivity contribution is 5.98. The minimum atomic E-state index is -0.166. The summed E-state index contributed by atoms with van der Waals surface area (Å²) in [6, 6.07) is 29.1. The maximum atomic E-state index is 13.5. The van der Waals surface area contributed by atoms with Gasteiger partial charge in [-0.3, -0.25) is 19.1 Å². The van der Waals surface area contributed by atoms with Crippen molar-refractivity contribution in [3.05, 3.63) is 124 Å². The highest BCUT2D eigenvalue weighted by Gasteiger charge is 2.22. The van der Waals surface area contributed by atoms with Gasteiger partial charge in [-0.25, -0.2) is 4.98 Å². The van der Waals surface area contributed by atoms with Crippen LogP contribution in [0.5, 0.6) is 17.2 Å². The lowest BCUT2D eigenvalue weighted by molar-refractivity contribution is 0.0951. The molecule has 0 saturated carbocycles. The number of anilines is 1. The van der Waals surface area contributed by atoms with Crippen molar-refractivity contribution >= 4 is 34.1 Å². The molecule has 0 unspecified atom stereocenters. The Hall–Kier alpha value is -5.61. The van der Waals surface area contributed by atoms with E-state index >= 15 is 0 Å². The fourth-order valence-corrected chi connectivity index (χ4v) is 6.76. The highest BCUT2D eigenvalue weighted by Crippen LogP contribution is 2.33. The molecule has 3 heterocycles. The molecule has 7 rings (SSSR count). The van der Waals surface area contributed by atoms with Gasteiger partial charge in [0.15, 0.2) is 11.5 Å². The first kappa shape index (κ1) is 33.9. The lowest BCUT2D eigenvalue weighted by Crippen LogP contribution is -2.47. The van der Waals surface area contributed by atoms with Crippen LogP contribution in [-0.2, 0) is 13.2 Å². The number of rotatable bonds is 12. The van der Waals surface area contributed by atoms with E-state index in [1.807, 2.05) is 66.7 Å². The monoisotopic (exact) mass is 685 g/mol. The van der Waals surface area contributed by atoms with E-state index in [2.05, 4.69) is 27.2 Å². The van der Waals surface area contributed by atoms with E-state index in [1.54, 1.807) is 37.0 Å². The van der Waals surface area contributed by atoms with Crippen molar-refractivity contribution < 1.29 is 19.0 Å². The van der Waals surface area contributed by atoms with Crippen LogP contribution in [0.3, 0.4) is 0 Å². The number of carbonyl (C=O) groups is 1. The van der Waals surface area contributed by atoms with Crippen LogP contribution in [0.25, 0.3) is 22.6 Å². The Bertz CT molecular complexity index is 2090. The molecule has 1 N–H and O–H groups in total. The van der Waals surface area contributed by atoms with Gasteiger partial charge in [-0.1, -0.05) is 36.4 Å². The second kappa shape index (κ2) is 15.5. The van der Waals surface area contributed by atoms with E-state index in [0.717, 1.165) is 61.6 Å². The first-order valence-electron chi connectivity index (χ1n) is 17.5. The van der Waals surface area contributed by atoms with Crippen LogP contribution in [0.4, 0.5) is 5.69 Å². The third-order valence-electron chi connectivity index (χ3n) is 9.62. The van der Waals surface area contributed by atoms with Crippen LogP contribution in [0.2, 0.25) is 0 Å². The maximum Gasteiger partial charge on any atom is 0.261 e. The lowest BCUT2D eigenvalue weighted by Gasteiger charge is -2.36. The smallest absolute Gasteiger partial charge is 0.261 e. The summed E-state index contributed by atoms with van der Waals surface area (Å²) in [6.45, 7) is 6.35. The predicted molar refractivity (Wildman–Crippen MR) is 201 cm³/mol. The number of nitrogens with zero attached hydrogens (tertiary/aromatic N) is 4. The minimum Gasteiger partial charge on any atom is -0.497 e. The van der Waals surface area contributed by atoms with Crippen LogP contribution in [0.15, 0.2) is 95.8 Å². The molecule has 1 amide bonds.